The van der Waals surface area contributed by atoms with Gasteiger partial charge in [0.05, 0.1) is 11.0 Å². The van der Waals surface area contributed by atoms with Gasteiger partial charge in [-0.05, 0) is 51.8 Å². The zero-order valence-electron chi connectivity index (χ0n) is 16.8. The SMILES string of the molecule is Cc1ccc(F)c(-c2c(OC(=O)C(C)(C)C)c3nccnc3n(C)c2=O)c1C. The van der Waals surface area contributed by atoms with Crippen molar-refractivity contribution < 1.29 is 13.9 Å². The predicted octanol–water partition coefficient (Wildman–Crippen LogP) is 3.70. The van der Waals surface area contributed by atoms with E-state index >= 15 is 0 Å². The lowest BCUT2D eigenvalue weighted by molar-refractivity contribution is -0.142. The fourth-order valence-corrected chi connectivity index (χ4v) is 2.87. The summed E-state index contributed by atoms with van der Waals surface area (Å²) in [7, 11) is 1.53. The second-order valence-electron chi connectivity index (χ2n) is 7.80. The van der Waals surface area contributed by atoms with Crippen LogP contribution >= 0.6 is 0 Å². The number of ether oxygens (including phenoxy) is 1. The number of hydrogen-bond acceptors (Lipinski definition) is 5. The standard InChI is InChI=1S/C21H22FN3O3/c1-11-7-8-13(22)14(12(11)2)15-17(28-20(27)21(3,4)5)16-18(24-10-9-23-16)25(6)19(15)26/h7-10H,1-6H3. The number of rotatable bonds is 2. The first-order valence-corrected chi connectivity index (χ1v) is 8.86. The van der Waals surface area contributed by atoms with E-state index in [-0.39, 0.29) is 28.0 Å². The molecule has 0 aliphatic rings. The Balaban J connectivity index is 2.48. The summed E-state index contributed by atoms with van der Waals surface area (Å²) in [5, 5.41) is 0. The van der Waals surface area contributed by atoms with Crippen LogP contribution in [0.2, 0.25) is 0 Å². The van der Waals surface area contributed by atoms with Crippen LogP contribution < -0.4 is 10.3 Å². The quantitative estimate of drug-likeness (QED) is 0.631. The summed E-state index contributed by atoms with van der Waals surface area (Å²) in [5.41, 5.74) is 0.594. The molecule has 0 aliphatic heterocycles. The Morgan fingerprint density at radius 3 is 2.39 bits per heavy atom. The topological polar surface area (TPSA) is 74.1 Å². The summed E-state index contributed by atoms with van der Waals surface area (Å²) in [4.78, 5) is 34.3. The lowest BCUT2D eigenvalue weighted by Crippen LogP contribution is -2.28. The minimum atomic E-state index is -0.826. The number of aryl methyl sites for hydroxylation is 2. The number of nitrogens with zero attached hydrogens (tertiary/aromatic N) is 3. The molecule has 28 heavy (non-hydrogen) atoms. The van der Waals surface area contributed by atoms with Gasteiger partial charge in [-0.1, -0.05) is 6.07 Å². The van der Waals surface area contributed by atoms with E-state index in [0.29, 0.717) is 5.56 Å². The van der Waals surface area contributed by atoms with Crippen LogP contribution in [0.5, 0.6) is 5.75 Å². The second-order valence-corrected chi connectivity index (χ2v) is 7.80. The minimum Gasteiger partial charge on any atom is -0.423 e. The largest absolute Gasteiger partial charge is 0.423 e. The maximum atomic E-state index is 14.9. The molecular formula is C21H22FN3O3. The van der Waals surface area contributed by atoms with E-state index in [2.05, 4.69) is 9.97 Å². The van der Waals surface area contributed by atoms with E-state index in [9.17, 15) is 14.0 Å². The average molecular weight is 383 g/mol. The van der Waals surface area contributed by atoms with Crippen LogP contribution in [-0.4, -0.2) is 20.5 Å². The van der Waals surface area contributed by atoms with Gasteiger partial charge in [0, 0.05) is 25.0 Å². The molecule has 0 saturated heterocycles. The van der Waals surface area contributed by atoms with Crippen molar-refractivity contribution in [2.45, 2.75) is 34.6 Å². The molecule has 0 N–H and O–H groups in total. The molecule has 2 heterocycles. The van der Waals surface area contributed by atoms with E-state index in [1.54, 1.807) is 33.8 Å². The summed E-state index contributed by atoms with van der Waals surface area (Å²) in [6.45, 7) is 8.64. The van der Waals surface area contributed by atoms with Gasteiger partial charge in [-0.2, -0.15) is 0 Å². The van der Waals surface area contributed by atoms with Crippen molar-refractivity contribution in [3.8, 4) is 16.9 Å². The van der Waals surface area contributed by atoms with Crippen LogP contribution in [0.3, 0.4) is 0 Å². The van der Waals surface area contributed by atoms with Gasteiger partial charge in [0.1, 0.15) is 11.3 Å². The predicted molar refractivity (Wildman–Crippen MR) is 105 cm³/mol. The lowest BCUT2D eigenvalue weighted by atomic mass is 9.95. The number of hydrogen-bond donors (Lipinski definition) is 0. The van der Waals surface area contributed by atoms with Crippen molar-refractivity contribution in [3.63, 3.8) is 0 Å². The molecule has 7 heteroatoms. The Labute approximate surface area is 162 Å². The highest BCUT2D eigenvalue weighted by Crippen LogP contribution is 2.37. The van der Waals surface area contributed by atoms with Crippen molar-refractivity contribution >= 4 is 17.1 Å². The van der Waals surface area contributed by atoms with Gasteiger partial charge in [-0.15, -0.1) is 0 Å². The van der Waals surface area contributed by atoms with Crippen LogP contribution in [0, 0.1) is 25.1 Å². The maximum absolute atomic E-state index is 14.9. The molecule has 3 aromatic rings. The normalized spacial score (nSPS) is 11.7. The highest BCUT2D eigenvalue weighted by molar-refractivity contribution is 5.92. The fourth-order valence-electron chi connectivity index (χ4n) is 2.87. The Hall–Kier alpha value is -3.09. The zero-order chi connectivity index (χ0) is 20.8. The van der Waals surface area contributed by atoms with Crippen molar-refractivity contribution in [2.75, 3.05) is 0 Å². The maximum Gasteiger partial charge on any atom is 0.316 e. The highest BCUT2D eigenvalue weighted by atomic mass is 19.1. The number of benzene rings is 1. The molecule has 3 rings (SSSR count). The van der Waals surface area contributed by atoms with Crippen molar-refractivity contribution in [2.24, 2.45) is 12.5 Å². The van der Waals surface area contributed by atoms with Gasteiger partial charge in [-0.3, -0.25) is 14.2 Å². The third-order valence-corrected chi connectivity index (χ3v) is 4.70. The smallest absolute Gasteiger partial charge is 0.316 e. The lowest BCUT2D eigenvalue weighted by Gasteiger charge is -2.20. The first-order chi connectivity index (χ1) is 13.0. The molecule has 0 unspecified atom stereocenters. The van der Waals surface area contributed by atoms with Gasteiger partial charge in [0.25, 0.3) is 5.56 Å². The molecule has 0 spiro atoms. The number of fused-ring (bicyclic) bond motifs is 1. The average Bonchev–Trinajstić information content (AvgIpc) is 2.64. The number of halogens is 1. The van der Waals surface area contributed by atoms with Crippen molar-refractivity contribution in [1.29, 1.82) is 0 Å². The molecule has 0 radical (unpaired) electrons. The van der Waals surface area contributed by atoms with Gasteiger partial charge in [0.2, 0.25) is 0 Å². The Morgan fingerprint density at radius 2 is 1.75 bits per heavy atom. The van der Waals surface area contributed by atoms with Gasteiger partial charge < -0.3 is 4.74 Å². The monoisotopic (exact) mass is 383 g/mol. The summed E-state index contributed by atoms with van der Waals surface area (Å²) in [6, 6.07) is 2.94. The molecule has 0 bridgehead atoms. The third kappa shape index (κ3) is 3.17. The molecule has 0 amide bonds. The van der Waals surface area contributed by atoms with Crippen molar-refractivity contribution in [3.05, 3.63) is 51.8 Å². The fraction of sp³-hybridized carbons (Fsp3) is 0.333. The van der Waals surface area contributed by atoms with E-state index in [4.69, 9.17) is 4.74 Å². The summed E-state index contributed by atoms with van der Waals surface area (Å²) in [5.74, 6) is -1.20. The van der Waals surface area contributed by atoms with Crippen LogP contribution in [-0.2, 0) is 11.8 Å². The van der Waals surface area contributed by atoms with Crippen LogP contribution in [0.15, 0.2) is 29.3 Å². The van der Waals surface area contributed by atoms with E-state index in [0.717, 1.165) is 5.56 Å². The third-order valence-electron chi connectivity index (χ3n) is 4.70. The first kappa shape index (κ1) is 19.7. The van der Waals surface area contributed by atoms with Gasteiger partial charge >= 0.3 is 5.97 Å². The van der Waals surface area contributed by atoms with Crippen LogP contribution in [0.25, 0.3) is 22.3 Å². The minimum absolute atomic E-state index is 0.0354. The summed E-state index contributed by atoms with van der Waals surface area (Å²) in [6.07, 6.45) is 2.87. The van der Waals surface area contributed by atoms with Crippen LogP contribution in [0.4, 0.5) is 4.39 Å². The molecule has 0 aliphatic carbocycles. The molecule has 0 saturated carbocycles. The van der Waals surface area contributed by atoms with Gasteiger partial charge in [-0.25, -0.2) is 14.4 Å². The number of pyridine rings is 1. The number of aromatic nitrogens is 3. The molecule has 146 valence electrons. The molecule has 2 aromatic heterocycles. The number of esters is 1. The Morgan fingerprint density at radius 1 is 1.11 bits per heavy atom. The zero-order valence-corrected chi connectivity index (χ0v) is 16.8. The molecular weight excluding hydrogens is 361 g/mol. The Bertz CT molecular complexity index is 1160. The highest BCUT2D eigenvalue weighted by Gasteiger charge is 2.30. The van der Waals surface area contributed by atoms with E-state index in [1.165, 1.54) is 30.1 Å². The van der Waals surface area contributed by atoms with Crippen molar-refractivity contribution in [1.82, 2.24) is 14.5 Å². The summed E-state index contributed by atoms with van der Waals surface area (Å²) >= 11 is 0. The molecule has 1 aromatic carbocycles. The van der Waals surface area contributed by atoms with E-state index < -0.39 is 22.8 Å². The first-order valence-electron chi connectivity index (χ1n) is 8.86. The number of carbonyl (C=O) groups is 1. The molecule has 0 atom stereocenters. The molecule has 0 fully saturated rings. The Kier molecular flexibility index (Phi) is 4.79. The van der Waals surface area contributed by atoms with E-state index in [1.807, 2.05) is 6.92 Å². The van der Waals surface area contributed by atoms with Crippen LogP contribution in [0.1, 0.15) is 31.9 Å². The number of carbonyl (C=O) groups excluding carboxylic acids is 1. The second kappa shape index (κ2) is 6.82. The van der Waals surface area contributed by atoms with Gasteiger partial charge in [0.15, 0.2) is 11.4 Å². The summed E-state index contributed by atoms with van der Waals surface area (Å²) < 4.78 is 21.8. The molecule has 6 nitrogen and oxygen atoms in total.